The molecule has 0 aliphatic heterocycles. The van der Waals surface area contributed by atoms with E-state index in [1.165, 1.54) is 16.7 Å². The van der Waals surface area contributed by atoms with Gasteiger partial charge in [0.1, 0.15) is 5.82 Å². The van der Waals surface area contributed by atoms with E-state index in [9.17, 15) is 0 Å². The Kier molecular flexibility index (Phi) is 4.97. The number of aromatic nitrogens is 2. The zero-order chi connectivity index (χ0) is 12.4. The van der Waals surface area contributed by atoms with E-state index in [4.69, 9.17) is 0 Å². The molecule has 2 aromatic rings. The van der Waals surface area contributed by atoms with Gasteiger partial charge in [-0.15, -0.1) is 12.4 Å². The molecule has 0 spiro atoms. The number of H-pyrrole nitrogens is 1. The number of nitrogens with zero attached hydrogens (tertiary/aromatic N) is 1. The fourth-order valence-electron chi connectivity index (χ4n) is 2.23. The first-order valence-corrected chi connectivity index (χ1v) is 6.23. The zero-order valence-electron chi connectivity index (χ0n) is 11.4. The van der Waals surface area contributed by atoms with Gasteiger partial charge in [-0.05, 0) is 23.0 Å². The highest BCUT2D eigenvalue weighted by molar-refractivity contribution is 5.85. The van der Waals surface area contributed by atoms with E-state index in [2.05, 4.69) is 55.9 Å². The lowest BCUT2D eigenvalue weighted by molar-refractivity contribution is 0.835. The molecule has 0 bridgehead atoms. The third-order valence-corrected chi connectivity index (χ3v) is 3.11. The van der Waals surface area contributed by atoms with E-state index < -0.39 is 0 Å². The van der Waals surface area contributed by atoms with Gasteiger partial charge in [0, 0.05) is 18.0 Å². The number of aromatic amines is 1. The van der Waals surface area contributed by atoms with Crippen LogP contribution in [-0.4, -0.2) is 9.97 Å². The first-order chi connectivity index (χ1) is 8.11. The summed E-state index contributed by atoms with van der Waals surface area (Å²) >= 11 is 0. The lowest BCUT2D eigenvalue weighted by Crippen LogP contribution is -2.00. The predicted octanol–water partition coefficient (Wildman–Crippen LogP) is 4.75. The summed E-state index contributed by atoms with van der Waals surface area (Å²) in [6, 6.07) is 6.56. The van der Waals surface area contributed by atoms with Crippen molar-refractivity contribution in [1.82, 2.24) is 9.97 Å². The molecule has 2 nitrogen and oxygen atoms in total. The molecule has 0 saturated heterocycles. The van der Waals surface area contributed by atoms with Gasteiger partial charge in [0.25, 0.3) is 0 Å². The average Bonchev–Trinajstić information content (AvgIpc) is 2.80. The molecule has 0 radical (unpaired) electrons. The van der Waals surface area contributed by atoms with Gasteiger partial charge >= 0.3 is 0 Å². The average molecular weight is 265 g/mol. The topological polar surface area (TPSA) is 28.7 Å². The molecule has 3 heteroatoms. The Labute approximate surface area is 115 Å². The van der Waals surface area contributed by atoms with Gasteiger partial charge in [0.15, 0.2) is 0 Å². The van der Waals surface area contributed by atoms with Gasteiger partial charge in [-0.3, -0.25) is 0 Å². The minimum absolute atomic E-state index is 0. The summed E-state index contributed by atoms with van der Waals surface area (Å²) in [5.41, 5.74) is 4.01. The second kappa shape index (κ2) is 6.05. The van der Waals surface area contributed by atoms with Crippen LogP contribution in [0.4, 0.5) is 0 Å². The highest BCUT2D eigenvalue weighted by atomic mass is 35.5. The van der Waals surface area contributed by atoms with E-state index >= 15 is 0 Å². The summed E-state index contributed by atoms with van der Waals surface area (Å²) in [7, 11) is 0. The number of hydrogen-bond donors (Lipinski definition) is 1. The molecule has 0 atom stereocenters. The van der Waals surface area contributed by atoms with Crippen molar-refractivity contribution in [1.29, 1.82) is 0 Å². The van der Waals surface area contributed by atoms with Gasteiger partial charge in [0.2, 0.25) is 0 Å². The van der Waals surface area contributed by atoms with Crippen LogP contribution in [0.2, 0.25) is 0 Å². The predicted molar refractivity (Wildman–Crippen MR) is 79.4 cm³/mol. The normalized spacial score (nSPS) is 10.8. The molecule has 1 N–H and O–H groups in total. The Morgan fingerprint density at radius 3 is 1.94 bits per heavy atom. The second-order valence-electron chi connectivity index (χ2n) is 5.06. The maximum Gasteiger partial charge on any atom is 0.137 e. The molecule has 1 aromatic carbocycles. The van der Waals surface area contributed by atoms with Crippen molar-refractivity contribution in [3.8, 4) is 11.4 Å². The fraction of sp³-hybridized carbons (Fsp3) is 0.400. The zero-order valence-corrected chi connectivity index (χ0v) is 12.2. The maximum atomic E-state index is 4.42. The second-order valence-corrected chi connectivity index (χ2v) is 5.06. The van der Waals surface area contributed by atoms with Gasteiger partial charge in [-0.25, -0.2) is 4.98 Å². The Bertz CT molecular complexity index is 461. The first-order valence-electron chi connectivity index (χ1n) is 6.23. The van der Waals surface area contributed by atoms with Crippen molar-refractivity contribution in [2.45, 2.75) is 39.5 Å². The maximum absolute atomic E-state index is 4.42. The van der Waals surface area contributed by atoms with E-state index in [0.29, 0.717) is 11.8 Å². The van der Waals surface area contributed by atoms with Gasteiger partial charge in [0.05, 0.1) is 0 Å². The molecule has 0 saturated carbocycles. The molecule has 0 unspecified atom stereocenters. The summed E-state index contributed by atoms with van der Waals surface area (Å²) in [4.78, 5) is 7.65. The molecular weight excluding hydrogens is 244 g/mol. The minimum Gasteiger partial charge on any atom is -0.345 e. The number of imidazole rings is 1. The van der Waals surface area contributed by atoms with Gasteiger partial charge in [-0.2, -0.15) is 0 Å². The summed E-state index contributed by atoms with van der Waals surface area (Å²) in [6.07, 6.45) is 3.70. The molecule has 18 heavy (non-hydrogen) atoms. The molecule has 0 aliphatic carbocycles. The molecule has 0 fully saturated rings. The Morgan fingerprint density at radius 2 is 1.56 bits per heavy atom. The first kappa shape index (κ1) is 14.8. The van der Waals surface area contributed by atoms with Crippen LogP contribution in [0.15, 0.2) is 30.6 Å². The van der Waals surface area contributed by atoms with Crippen LogP contribution in [-0.2, 0) is 0 Å². The van der Waals surface area contributed by atoms with Crippen molar-refractivity contribution in [3.05, 3.63) is 41.7 Å². The van der Waals surface area contributed by atoms with Crippen molar-refractivity contribution in [3.63, 3.8) is 0 Å². The summed E-state index contributed by atoms with van der Waals surface area (Å²) < 4.78 is 0. The fourth-order valence-corrected chi connectivity index (χ4v) is 2.23. The van der Waals surface area contributed by atoms with Crippen LogP contribution in [0.1, 0.15) is 50.7 Å². The largest absolute Gasteiger partial charge is 0.345 e. The molecule has 0 amide bonds. The van der Waals surface area contributed by atoms with Crippen LogP contribution >= 0.6 is 12.4 Å². The molecule has 98 valence electrons. The number of rotatable bonds is 3. The number of nitrogens with one attached hydrogen (secondary N) is 1. The minimum atomic E-state index is 0. The highest BCUT2D eigenvalue weighted by Gasteiger charge is 2.16. The van der Waals surface area contributed by atoms with Crippen LogP contribution in [0.25, 0.3) is 11.4 Å². The van der Waals surface area contributed by atoms with Gasteiger partial charge < -0.3 is 4.98 Å². The van der Waals surface area contributed by atoms with Gasteiger partial charge in [-0.1, -0.05) is 45.9 Å². The standard InChI is InChI=1S/C15H20N2.ClH/c1-10(2)12-6-5-7-13(11(3)4)14(12)15-16-8-9-17-15;/h5-11H,1-4H3,(H,16,17);1H. The molecule has 1 heterocycles. The number of halogens is 1. The van der Waals surface area contributed by atoms with Crippen LogP contribution < -0.4 is 0 Å². The van der Waals surface area contributed by atoms with Crippen molar-refractivity contribution < 1.29 is 0 Å². The monoisotopic (exact) mass is 264 g/mol. The quantitative estimate of drug-likeness (QED) is 0.852. The Hall–Kier alpha value is -1.28. The molecule has 1 aromatic heterocycles. The van der Waals surface area contributed by atoms with Crippen LogP contribution in [0, 0.1) is 0 Å². The van der Waals surface area contributed by atoms with E-state index in [1.807, 2.05) is 12.4 Å². The van der Waals surface area contributed by atoms with Crippen LogP contribution in [0.3, 0.4) is 0 Å². The third kappa shape index (κ3) is 2.75. The van der Waals surface area contributed by atoms with E-state index in [-0.39, 0.29) is 12.4 Å². The summed E-state index contributed by atoms with van der Waals surface area (Å²) in [5.74, 6) is 2.00. The molecular formula is C15H21ClN2. The van der Waals surface area contributed by atoms with Crippen molar-refractivity contribution >= 4 is 12.4 Å². The van der Waals surface area contributed by atoms with Crippen molar-refractivity contribution in [2.24, 2.45) is 0 Å². The SMILES string of the molecule is CC(C)c1cccc(C(C)C)c1-c1ncc[nH]1.Cl. The third-order valence-electron chi connectivity index (χ3n) is 3.11. The van der Waals surface area contributed by atoms with Crippen molar-refractivity contribution in [2.75, 3.05) is 0 Å². The summed E-state index contributed by atoms with van der Waals surface area (Å²) in [6.45, 7) is 8.91. The Balaban J connectivity index is 0.00000162. The van der Waals surface area contributed by atoms with E-state index in [1.54, 1.807) is 0 Å². The smallest absolute Gasteiger partial charge is 0.137 e. The Morgan fingerprint density at radius 1 is 1.00 bits per heavy atom. The molecule has 0 aliphatic rings. The van der Waals surface area contributed by atoms with E-state index in [0.717, 1.165) is 5.82 Å². The number of hydrogen-bond acceptors (Lipinski definition) is 1. The number of benzene rings is 1. The highest BCUT2D eigenvalue weighted by Crippen LogP contribution is 2.33. The lowest BCUT2D eigenvalue weighted by Gasteiger charge is -2.17. The molecule has 2 rings (SSSR count). The lowest BCUT2D eigenvalue weighted by atomic mass is 9.88. The summed E-state index contributed by atoms with van der Waals surface area (Å²) in [5, 5.41) is 0. The van der Waals surface area contributed by atoms with Crippen LogP contribution in [0.5, 0.6) is 0 Å².